The van der Waals surface area contributed by atoms with Crippen LogP contribution in [0.5, 0.6) is 5.75 Å². The zero-order valence-corrected chi connectivity index (χ0v) is 13.0. The molecule has 1 heterocycles. The second-order valence-corrected chi connectivity index (χ2v) is 5.68. The number of methoxy groups -OCH3 is 1. The summed E-state index contributed by atoms with van der Waals surface area (Å²) in [6.45, 7) is 2.08. The molecular formula is C15H22ClN3O2. The average molecular weight is 312 g/mol. The molecule has 0 atom stereocenters. The molecule has 1 aromatic carbocycles. The SMILES string of the molecule is COc1ccc(Cl)cc1NCCC(=O)N1CCC(N)CC1. The van der Waals surface area contributed by atoms with Crippen molar-refractivity contribution in [1.29, 1.82) is 0 Å². The molecule has 1 fully saturated rings. The summed E-state index contributed by atoms with van der Waals surface area (Å²) in [5, 5.41) is 3.84. The third-order valence-corrected chi connectivity index (χ3v) is 3.94. The van der Waals surface area contributed by atoms with E-state index in [-0.39, 0.29) is 11.9 Å². The minimum absolute atomic E-state index is 0.162. The standard InChI is InChI=1S/C15H22ClN3O2/c1-21-14-3-2-11(16)10-13(14)18-7-4-15(20)19-8-5-12(17)6-9-19/h2-3,10,12,18H,4-9,17H2,1H3. The number of halogens is 1. The summed E-state index contributed by atoms with van der Waals surface area (Å²) < 4.78 is 5.26. The van der Waals surface area contributed by atoms with E-state index in [0.717, 1.165) is 37.4 Å². The largest absolute Gasteiger partial charge is 0.495 e. The van der Waals surface area contributed by atoms with Crippen LogP contribution in [0.3, 0.4) is 0 Å². The molecule has 0 unspecified atom stereocenters. The van der Waals surface area contributed by atoms with Gasteiger partial charge in [0.15, 0.2) is 0 Å². The number of benzene rings is 1. The quantitative estimate of drug-likeness (QED) is 0.874. The Bertz CT molecular complexity index is 488. The van der Waals surface area contributed by atoms with Crippen LogP contribution in [0, 0.1) is 0 Å². The summed E-state index contributed by atoms with van der Waals surface area (Å²) in [5.74, 6) is 0.881. The van der Waals surface area contributed by atoms with Gasteiger partial charge in [0, 0.05) is 37.1 Å². The second kappa shape index (κ2) is 7.52. The van der Waals surface area contributed by atoms with Gasteiger partial charge in [-0.2, -0.15) is 0 Å². The van der Waals surface area contributed by atoms with Crippen LogP contribution >= 0.6 is 11.6 Å². The summed E-state index contributed by atoms with van der Waals surface area (Å²) >= 11 is 5.97. The zero-order valence-electron chi connectivity index (χ0n) is 12.3. The molecule has 6 heteroatoms. The van der Waals surface area contributed by atoms with Crippen molar-refractivity contribution in [1.82, 2.24) is 4.90 Å². The predicted octanol–water partition coefficient (Wildman–Crippen LogP) is 2.10. The van der Waals surface area contributed by atoms with Crippen LogP contribution in [-0.4, -0.2) is 43.6 Å². The molecule has 0 radical (unpaired) electrons. The Balaban J connectivity index is 1.81. The van der Waals surface area contributed by atoms with Crippen molar-refractivity contribution < 1.29 is 9.53 Å². The maximum atomic E-state index is 12.1. The van der Waals surface area contributed by atoms with Crippen LogP contribution in [-0.2, 0) is 4.79 Å². The van der Waals surface area contributed by atoms with E-state index in [4.69, 9.17) is 22.1 Å². The first-order valence-electron chi connectivity index (χ1n) is 7.21. The van der Waals surface area contributed by atoms with Gasteiger partial charge in [0.05, 0.1) is 12.8 Å². The van der Waals surface area contributed by atoms with Crippen molar-refractivity contribution >= 4 is 23.2 Å². The third-order valence-electron chi connectivity index (χ3n) is 3.71. The zero-order chi connectivity index (χ0) is 15.2. The van der Waals surface area contributed by atoms with Gasteiger partial charge in [-0.15, -0.1) is 0 Å². The van der Waals surface area contributed by atoms with E-state index in [1.165, 1.54) is 0 Å². The molecule has 1 saturated heterocycles. The molecule has 0 aliphatic carbocycles. The molecule has 1 aromatic rings. The highest BCUT2D eigenvalue weighted by Gasteiger charge is 2.20. The lowest BCUT2D eigenvalue weighted by Gasteiger charge is -2.30. The first-order valence-corrected chi connectivity index (χ1v) is 7.58. The predicted molar refractivity (Wildman–Crippen MR) is 84.9 cm³/mol. The summed E-state index contributed by atoms with van der Waals surface area (Å²) in [6.07, 6.45) is 2.23. The van der Waals surface area contributed by atoms with Crippen molar-refractivity contribution in [2.45, 2.75) is 25.3 Å². The van der Waals surface area contributed by atoms with Gasteiger partial charge < -0.3 is 20.7 Å². The molecule has 116 valence electrons. The van der Waals surface area contributed by atoms with Gasteiger partial charge in [-0.05, 0) is 31.0 Å². The molecule has 3 N–H and O–H groups in total. The van der Waals surface area contributed by atoms with E-state index in [1.807, 2.05) is 4.90 Å². The smallest absolute Gasteiger partial charge is 0.224 e. The van der Waals surface area contributed by atoms with Gasteiger partial charge in [-0.25, -0.2) is 0 Å². The molecule has 0 saturated carbocycles. The number of carbonyl (C=O) groups excluding carboxylic acids is 1. The number of nitrogens with zero attached hydrogens (tertiary/aromatic N) is 1. The van der Waals surface area contributed by atoms with Crippen LogP contribution in [0.1, 0.15) is 19.3 Å². The number of anilines is 1. The highest BCUT2D eigenvalue weighted by Crippen LogP contribution is 2.27. The van der Waals surface area contributed by atoms with Gasteiger partial charge >= 0.3 is 0 Å². The Kier molecular flexibility index (Phi) is 5.70. The lowest BCUT2D eigenvalue weighted by Crippen LogP contribution is -2.43. The number of rotatable bonds is 5. The molecule has 0 bridgehead atoms. The molecule has 21 heavy (non-hydrogen) atoms. The third kappa shape index (κ3) is 4.51. The fourth-order valence-electron chi connectivity index (χ4n) is 2.43. The summed E-state index contributed by atoms with van der Waals surface area (Å²) in [6, 6.07) is 5.61. The number of likely N-dealkylation sites (tertiary alicyclic amines) is 1. The first kappa shape index (κ1) is 15.9. The van der Waals surface area contributed by atoms with Gasteiger partial charge in [0.2, 0.25) is 5.91 Å². The van der Waals surface area contributed by atoms with Gasteiger partial charge in [-0.3, -0.25) is 4.79 Å². The molecule has 1 aliphatic heterocycles. The van der Waals surface area contributed by atoms with Crippen LogP contribution in [0.25, 0.3) is 0 Å². The first-order chi connectivity index (χ1) is 10.1. The van der Waals surface area contributed by atoms with E-state index >= 15 is 0 Å². The number of hydrogen-bond acceptors (Lipinski definition) is 4. The number of nitrogens with two attached hydrogens (primary N) is 1. The normalized spacial score (nSPS) is 15.9. The molecule has 0 aromatic heterocycles. The number of ether oxygens (including phenoxy) is 1. The summed E-state index contributed by atoms with van der Waals surface area (Å²) in [7, 11) is 1.61. The maximum absolute atomic E-state index is 12.1. The Morgan fingerprint density at radius 3 is 2.86 bits per heavy atom. The van der Waals surface area contributed by atoms with E-state index in [0.29, 0.717) is 18.0 Å². The van der Waals surface area contributed by atoms with Crippen LogP contribution in [0.4, 0.5) is 5.69 Å². The molecule has 5 nitrogen and oxygen atoms in total. The van der Waals surface area contributed by atoms with E-state index < -0.39 is 0 Å². The second-order valence-electron chi connectivity index (χ2n) is 5.24. The fourth-order valence-corrected chi connectivity index (χ4v) is 2.60. The topological polar surface area (TPSA) is 67.6 Å². The minimum atomic E-state index is 0.162. The van der Waals surface area contributed by atoms with Crippen LogP contribution in [0.15, 0.2) is 18.2 Å². The lowest BCUT2D eigenvalue weighted by molar-refractivity contribution is -0.131. The van der Waals surface area contributed by atoms with Crippen molar-refractivity contribution in [3.05, 3.63) is 23.2 Å². The Labute approximate surface area is 130 Å². The fraction of sp³-hybridized carbons (Fsp3) is 0.533. The van der Waals surface area contributed by atoms with Gasteiger partial charge in [0.25, 0.3) is 0 Å². The van der Waals surface area contributed by atoms with Crippen LogP contribution in [0.2, 0.25) is 5.02 Å². The summed E-state index contributed by atoms with van der Waals surface area (Å²) in [4.78, 5) is 14.0. The number of nitrogens with one attached hydrogen (secondary N) is 1. The molecular weight excluding hydrogens is 290 g/mol. The number of carbonyl (C=O) groups is 1. The highest BCUT2D eigenvalue weighted by molar-refractivity contribution is 6.30. The Morgan fingerprint density at radius 2 is 2.19 bits per heavy atom. The van der Waals surface area contributed by atoms with Crippen molar-refractivity contribution in [3.8, 4) is 5.75 Å². The minimum Gasteiger partial charge on any atom is -0.495 e. The highest BCUT2D eigenvalue weighted by atomic mass is 35.5. The molecule has 2 rings (SSSR count). The monoisotopic (exact) mass is 311 g/mol. The number of piperidine rings is 1. The number of amides is 1. The average Bonchev–Trinajstić information content (AvgIpc) is 2.48. The van der Waals surface area contributed by atoms with Gasteiger partial charge in [0.1, 0.15) is 5.75 Å². The molecule has 0 spiro atoms. The number of hydrogen-bond donors (Lipinski definition) is 2. The van der Waals surface area contributed by atoms with Crippen molar-refractivity contribution in [2.75, 3.05) is 32.1 Å². The van der Waals surface area contributed by atoms with Crippen molar-refractivity contribution in [3.63, 3.8) is 0 Å². The maximum Gasteiger partial charge on any atom is 0.224 e. The molecule has 1 amide bonds. The van der Waals surface area contributed by atoms with Crippen LogP contribution < -0.4 is 15.8 Å². The van der Waals surface area contributed by atoms with E-state index in [9.17, 15) is 4.79 Å². The van der Waals surface area contributed by atoms with E-state index in [1.54, 1.807) is 25.3 Å². The Morgan fingerprint density at radius 1 is 1.48 bits per heavy atom. The Hall–Kier alpha value is -1.46. The molecule has 1 aliphatic rings. The van der Waals surface area contributed by atoms with E-state index in [2.05, 4.69) is 5.32 Å². The summed E-state index contributed by atoms with van der Waals surface area (Å²) in [5.41, 5.74) is 6.65. The lowest BCUT2D eigenvalue weighted by atomic mass is 10.1. The van der Waals surface area contributed by atoms with Gasteiger partial charge in [-0.1, -0.05) is 11.6 Å². The van der Waals surface area contributed by atoms with Crippen molar-refractivity contribution in [2.24, 2.45) is 5.73 Å².